The molecule has 3 heteroatoms. The van der Waals surface area contributed by atoms with Crippen molar-refractivity contribution in [1.29, 1.82) is 0 Å². The topological polar surface area (TPSA) is 37.3 Å². The summed E-state index contributed by atoms with van der Waals surface area (Å²) in [6.45, 7) is 0. The van der Waals surface area contributed by atoms with E-state index in [4.69, 9.17) is 0 Å². The van der Waals surface area contributed by atoms with Crippen LogP contribution in [0.3, 0.4) is 0 Å². The lowest BCUT2D eigenvalue weighted by molar-refractivity contribution is -0.147. The molecule has 3 rings (SSSR count). The van der Waals surface area contributed by atoms with Crippen molar-refractivity contribution in [2.45, 2.75) is 87.0 Å². The normalized spacial score (nSPS) is 29.9. The van der Waals surface area contributed by atoms with Gasteiger partial charge < -0.3 is 5.11 Å². The molecule has 2 nitrogen and oxygen atoms in total. The Hall–Kier alpha value is -0.180. The second-order valence-corrected chi connectivity index (χ2v) is 8.78. The smallest absolute Gasteiger partial charge is 0.319 e. The van der Waals surface area contributed by atoms with Gasteiger partial charge in [-0.05, 0) is 43.9 Å². The Morgan fingerprint density at radius 3 is 2.05 bits per heavy atom. The lowest BCUT2D eigenvalue weighted by Gasteiger charge is -2.54. The highest BCUT2D eigenvalue weighted by Gasteiger charge is 2.59. The fourth-order valence-corrected chi connectivity index (χ4v) is 6.69. The molecule has 108 valence electrons. The van der Waals surface area contributed by atoms with Crippen molar-refractivity contribution in [2.24, 2.45) is 5.41 Å². The van der Waals surface area contributed by atoms with E-state index in [2.05, 4.69) is 0 Å². The van der Waals surface area contributed by atoms with Gasteiger partial charge in [0.05, 0.1) is 0 Å². The van der Waals surface area contributed by atoms with E-state index in [0.29, 0.717) is 10.7 Å². The van der Waals surface area contributed by atoms with E-state index in [9.17, 15) is 9.90 Å². The minimum atomic E-state index is -0.528. The van der Waals surface area contributed by atoms with E-state index >= 15 is 0 Å². The van der Waals surface area contributed by atoms with E-state index in [-0.39, 0.29) is 0 Å². The molecule has 0 aliphatic heterocycles. The summed E-state index contributed by atoms with van der Waals surface area (Å²) >= 11 is 1.82. The largest absolute Gasteiger partial charge is 0.480 e. The minimum absolute atomic E-state index is 0.403. The van der Waals surface area contributed by atoms with Crippen molar-refractivity contribution in [2.75, 3.05) is 0 Å². The van der Waals surface area contributed by atoms with E-state index in [0.717, 1.165) is 12.8 Å². The molecule has 0 aromatic heterocycles. The van der Waals surface area contributed by atoms with Crippen LogP contribution in [0.4, 0.5) is 0 Å². The van der Waals surface area contributed by atoms with Gasteiger partial charge in [0, 0.05) is 5.25 Å². The predicted molar refractivity (Wildman–Crippen MR) is 79.6 cm³/mol. The van der Waals surface area contributed by atoms with Crippen LogP contribution in [0.1, 0.15) is 77.0 Å². The molecule has 3 fully saturated rings. The standard InChI is InChI=1S/C16H26O2S/c17-14(18)16(19-13-7-3-4-8-13)11-15(12-16)9-5-1-2-6-10-15/h13H,1-12H2,(H,17,18). The van der Waals surface area contributed by atoms with Gasteiger partial charge in [0.25, 0.3) is 0 Å². The third kappa shape index (κ3) is 2.68. The summed E-state index contributed by atoms with van der Waals surface area (Å²) in [6, 6.07) is 0. The van der Waals surface area contributed by atoms with Crippen molar-refractivity contribution in [3.8, 4) is 0 Å². The summed E-state index contributed by atoms with van der Waals surface area (Å²) in [5.74, 6) is -0.528. The zero-order valence-electron chi connectivity index (χ0n) is 11.8. The van der Waals surface area contributed by atoms with Crippen molar-refractivity contribution in [3.05, 3.63) is 0 Å². The molecule has 0 radical (unpaired) electrons. The Morgan fingerprint density at radius 2 is 1.53 bits per heavy atom. The molecule has 0 aromatic rings. The van der Waals surface area contributed by atoms with Crippen LogP contribution in [0.25, 0.3) is 0 Å². The van der Waals surface area contributed by atoms with E-state index in [1.807, 2.05) is 11.8 Å². The van der Waals surface area contributed by atoms with Gasteiger partial charge >= 0.3 is 5.97 Å². The summed E-state index contributed by atoms with van der Waals surface area (Å²) in [5, 5.41) is 10.3. The molecular formula is C16H26O2S. The lowest BCUT2D eigenvalue weighted by atomic mass is 9.58. The van der Waals surface area contributed by atoms with E-state index in [1.165, 1.54) is 64.2 Å². The summed E-state index contributed by atoms with van der Waals surface area (Å²) in [7, 11) is 0. The molecule has 0 amide bonds. The molecule has 3 aliphatic carbocycles. The zero-order chi connectivity index (χ0) is 13.3. The zero-order valence-corrected chi connectivity index (χ0v) is 12.6. The average Bonchev–Trinajstić information content (AvgIpc) is 2.71. The highest BCUT2D eigenvalue weighted by Crippen LogP contribution is 2.62. The number of rotatable bonds is 3. The van der Waals surface area contributed by atoms with Gasteiger partial charge in [0.15, 0.2) is 0 Å². The van der Waals surface area contributed by atoms with Crippen LogP contribution in [-0.2, 0) is 4.79 Å². The highest BCUT2D eigenvalue weighted by molar-refractivity contribution is 8.02. The van der Waals surface area contributed by atoms with Gasteiger partial charge in [-0.1, -0.05) is 38.5 Å². The maximum atomic E-state index is 11.8. The maximum Gasteiger partial charge on any atom is 0.319 e. The van der Waals surface area contributed by atoms with Crippen LogP contribution in [0.2, 0.25) is 0 Å². The Morgan fingerprint density at radius 1 is 0.947 bits per heavy atom. The predicted octanol–water partition coefficient (Wildman–Crippen LogP) is 4.62. The number of thioether (sulfide) groups is 1. The van der Waals surface area contributed by atoms with Crippen LogP contribution in [0, 0.1) is 5.41 Å². The molecule has 0 unspecified atom stereocenters. The van der Waals surface area contributed by atoms with Crippen LogP contribution in [-0.4, -0.2) is 21.1 Å². The summed E-state index contributed by atoms with van der Waals surface area (Å²) in [6.07, 6.45) is 14.9. The number of hydrogen-bond acceptors (Lipinski definition) is 2. The van der Waals surface area contributed by atoms with E-state index < -0.39 is 10.7 Å². The number of carbonyl (C=O) groups is 1. The van der Waals surface area contributed by atoms with Gasteiger partial charge in [-0.25, -0.2) is 0 Å². The van der Waals surface area contributed by atoms with Gasteiger partial charge in [-0.15, -0.1) is 11.8 Å². The molecule has 0 saturated heterocycles. The second kappa shape index (κ2) is 5.31. The lowest BCUT2D eigenvalue weighted by Crippen LogP contribution is -2.55. The van der Waals surface area contributed by atoms with Crippen LogP contribution in [0.15, 0.2) is 0 Å². The molecule has 1 spiro atoms. The second-order valence-electron chi connectivity index (χ2n) is 7.09. The first kappa shape index (κ1) is 13.8. The number of hydrogen-bond donors (Lipinski definition) is 1. The van der Waals surface area contributed by atoms with Crippen LogP contribution in [0.5, 0.6) is 0 Å². The Kier molecular flexibility index (Phi) is 3.85. The summed E-state index contributed by atoms with van der Waals surface area (Å²) < 4.78 is -0.417. The number of aliphatic carboxylic acids is 1. The Labute approximate surface area is 120 Å². The molecule has 3 aliphatic rings. The SMILES string of the molecule is O=C(O)C1(SC2CCCC2)CC2(CCCCCC2)C1. The molecule has 19 heavy (non-hydrogen) atoms. The number of carboxylic acids is 1. The van der Waals surface area contributed by atoms with Crippen molar-refractivity contribution >= 4 is 17.7 Å². The summed E-state index contributed by atoms with van der Waals surface area (Å²) in [4.78, 5) is 11.8. The molecular weight excluding hydrogens is 256 g/mol. The fourth-order valence-electron chi connectivity index (χ4n) is 4.60. The quantitative estimate of drug-likeness (QED) is 0.820. The molecule has 3 saturated carbocycles. The third-order valence-corrected chi connectivity index (χ3v) is 7.29. The third-order valence-electron chi connectivity index (χ3n) is 5.57. The Bertz CT molecular complexity index is 331. The van der Waals surface area contributed by atoms with Gasteiger partial charge in [-0.2, -0.15) is 0 Å². The van der Waals surface area contributed by atoms with Gasteiger partial charge in [-0.3, -0.25) is 4.79 Å². The van der Waals surface area contributed by atoms with Crippen molar-refractivity contribution in [1.82, 2.24) is 0 Å². The first-order chi connectivity index (χ1) is 9.14. The average molecular weight is 282 g/mol. The Balaban J connectivity index is 1.65. The molecule has 0 heterocycles. The van der Waals surface area contributed by atoms with Gasteiger partial charge in [0.2, 0.25) is 0 Å². The first-order valence-electron chi connectivity index (χ1n) is 8.06. The first-order valence-corrected chi connectivity index (χ1v) is 8.94. The van der Waals surface area contributed by atoms with Gasteiger partial charge in [0.1, 0.15) is 4.75 Å². The summed E-state index contributed by atoms with van der Waals surface area (Å²) in [5.41, 5.74) is 0.403. The van der Waals surface area contributed by atoms with Crippen molar-refractivity contribution < 1.29 is 9.90 Å². The van der Waals surface area contributed by atoms with Crippen molar-refractivity contribution in [3.63, 3.8) is 0 Å². The molecule has 0 aromatic carbocycles. The monoisotopic (exact) mass is 282 g/mol. The minimum Gasteiger partial charge on any atom is -0.480 e. The molecule has 0 atom stereocenters. The van der Waals surface area contributed by atoms with Crippen LogP contribution < -0.4 is 0 Å². The van der Waals surface area contributed by atoms with E-state index in [1.54, 1.807) is 0 Å². The van der Waals surface area contributed by atoms with Crippen LogP contribution >= 0.6 is 11.8 Å². The molecule has 1 N–H and O–H groups in total. The maximum absolute atomic E-state index is 11.8. The fraction of sp³-hybridized carbons (Fsp3) is 0.938. The number of carboxylic acid groups (broad SMARTS) is 1. The molecule has 0 bridgehead atoms. The highest BCUT2D eigenvalue weighted by atomic mass is 32.2.